The van der Waals surface area contributed by atoms with Crippen LogP contribution in [0, 0.1) is 45.6 Å². The number of nitro groups is 1. The maximum atomic E-state index is 13.2. The fraction of sp³-hybridized carbons (Fsp3) is 0.400. The molecule has 0 radical (unpaired) electrons. The SMILES string of the molecule is O=C1[C@@H]2[C@@H]3C[C@@H]([C@@H]4C[C@@H]43)[C@@H]2C(=O)N1c1ccc([N+](=O)[O-])c2ccccc12. The number of imide groups is 1. The molecule has 2 bridgehead atoms. The highest BCUT2D eigenvalue weighted by molar-refractivity contribution is 6.25. The quantitative estimate of drug-likeness (QED) is 0.474. The molecule has 2 aromatic carbocycles. The van der Waals surface area contributed by atoms with Crippen LogP contribution in [0.4, 0.5) is 11.4 Å². The molecule has 0 unspecified atom stereocenters. The zero-order valence-corrected chi connectivity index (χ0v) is 13.9. The molecule has 0 spiro atoms. The van der Waals surface area contributed by atoms with Gasteiger partial charge in [0, 0.05) is 11.5 Å². The van der Waals surface area contributed by atoms with Crippen LogP contribution >= 0.6 is 0 Å². The molecule has 6 heteroatoms. The summed E-state index contributed by atoms with van der Waals surface area (Å²) in [7, 11) is 0. The van der Waals surface area contributed by atoms with Crippen molar-refractivity contribution in [2.45, 2.75) is 12.8 Å². The van der Waals surface area contributed by atoms with Crippen molar-refractivity contribution in [3.63, 3.8) is 0 Å². The van der Waals surface area contributed by atoms with E-state index in [1.54, 1.807) is 30.3 Å². The lowest BCUT2D eigenvalue weighted by Crippen LogP contribution is -2.33. The van der Waals surface area contributed by atoms with E-state index in [1.807, 2.05) is 0 Å². The van der Waals surface area contributed by atoms with Crippen molar-refractivity contribution in [3.05, 3.63) is 46.5 Å². The summed E-state index contributed by atoms with van der Waals surface area (Å²) in [6.45, 7) is 0. The van der Waals surface area contributed by atoms with Crippen LogP contribution in [0.3, 0.4) is 0 Å². The number of fused-ring (bicyclic) bond motifs is 9. The van der Waals surface area contributed by atoms with E-state index in [1.165, 1.54) is 17.4 Å². The lowest BCUT2D eigenvalue weighted by molar-refractivity contribution is -0.383. The van der Waals surface area contributed by atoms with Gasteiger partial charge in [-0.25, -0.2) is 4.90 Å². The highest BCUT2D eigenvalue weighted by Crippen LogP contribution is 2.71. The molecule has 26 heavy (non-hydrogen) atoms. The smallest absolute Gasteiger partial charge is 0.274 e. The minimum Gasteiger partial charge on any atom is -0.274 e. The number of anilines is 1. The maximum absolute atomic E-state index is 13.2. The third-order valence-electron chi connectivity index (χ3n) is 7.17. The largest absolute Gasteiger partial charge is 0.277 e. The summed E-state index contributed by atoms with van der Waals surface area (Å²) in [6, 6.07) is 9.88. The molecule has 1 heterocycles. The molecule has 2 amide bonds. The molecule has 3 aliphatic carbocycles. The fourth-order valence-electron chi connectivity index (χ4n) is 6.18. The Bertz CT molecular complexity index is 1000. The average molecular weight is 348 g/mol. The number of nitro benzene ring substituents is 1. The van der Waals surface area contributed by atoms with Gasteiger partial charge in [0.15, 0.2) is 0 Å². The minimum absolute atomic E-state index is 0.00930. The highest BCUT2D eigenvalue weighted by Gasteiger charge is 2.72. The van der Waals surface area contributed by atoms with E-state index in [2.05, 4.69) is 0 Å². The van der Waals surface area contributed by atoms with E-state index >= 15 is 0 Å². The topological polar surface area (TPSA) is 80.5 Å². The van der Waals surface area contributed by atoms with Crippen LogP contribution in [-0.2, 0) is 9.59 Å². The molecule has 1 aliphatic heterocycles. The number of carbonyl (C=O) groups excluding carboxylic acids is 2. The van der Waals surface area contributed by atoms with Gasteiger partial charge in [-0.1, -0.05) is 18.2 Å². The van der Waals surface area contributed by atoms with Crippen LogP contribution in [0.25, 0.3) is 10.8 Å². The van der Waals surface area contributed by atoms with Gasteiger partial charge in [-0.05, 0) is 48.6 Å². The van der Waals surface area contributed by atoms with Crippen LogP contribution in [-0.4, -0.2) is 16.7 Å². The molecule has 0 N–H and O–H groups in total. The number of hydrogen-bond donors (Lipinski definition) is 0. The van der Waals surface area contributed by atoms with Gasteiger partial charge >= 0.3 is 0 Å². The minimum atomic E-state index is -0.428. The predicted octanol–water partition coefficient (Wildman–Crippen LogP) is 3.14. The zero-order chi connectivity index (χ0) is 17.7. The first-order valence-corrected chi connectivity index (χ1v) is 9.12. The summed E-state index contributed by atoms with van der Waals surface area (Å²) < 4.78 is 0. The molecule has 4 fully saturated rings. The van der Waals surface area contributed by atoms with Crippen molar-refractivity contribution in [2.24, 2.45) is 35.5 Å². The molecular formula is C20H16N2O4. The number of carbonyl (C=O) groups is 2. The number of hydrogen-bond acceptors (Lipinski definition) is 4. The van der Waals surface area contributed by atoms with Gasteiger partial charge in [0.05, 0.1) is 27.8 Å². The highest BCUT2D eigenvalue weighted by atomic mass is 16.6. The Balaban J connectivity index is 1.50. The molecule has 6 nitrogen and oxygen atoms in total. The summed E-state index contributed by atoms with van der Waals surface area (Å²) >= 11 is 0. The second-order valence-electron chi connectivity index (χ2n) is 8.10. The van der Waals surface area contributed by atoms with E-state index in [0.29, 0.717) is 40.1 Å². The van der Waals surface area contributed by atoms with Gasteiger partial charge in [-0.2, -0.15) is 0 Å². The lowest BCUT2D eigenvalue weighted by atomic mass is 9.81. The van der Waals surface area contributed by atoms with Crippen molar-refractivity contribution in [1.82, 2.24) is 0 Å². The summed E-state index contributed by atoms with van der Waals surface area (Å²) in [4.78, 5) is 38.6. The van der Waals surface area contributed by atoms with Crippen LogP contribution < -0.4 is 4.90 Å². The van der Waals surface area contributed by atoms with E-state index in [9.17, 15) is 19.7 Å². The Morgan fingerprint density at radius 3 is 2.04 bits per heavy atom. The number of non-ortho nitro benzene ring substituents is 1. The lowest BCUT2D eigenvalue weighted by Gasteiger charge is -2.20. The van der Waals surface area contributed by atoms with Gasteiger partial charge < -0.3 is 0 Å². The molecule has 130 valence electrons. The van der Waals surface area contributed by atoms with E-state index in [4.69, 9.17) is 0 Å². The van der Waals surface area contributed by atoms with Crippen molar-refractivity contribution in [1.29, 1.82) is 0 Å². The second-order valence-corrected chi connectivity index (χ2v) is 8.10. The Kier molecular flexibility index (Phi) is 2.49. The summed E-state index contributed by atoms with van der Waals surface area (Å²) in [5, 5.41) is 12.4. The molecule has 1 saturated heterocycles. The van der Waals surface area contributed by atoms with Gasteiger partial charge in [-0.15, -0.1) is 0 Å². The van der Waals surface area contributed by atoms with Gasteiger partial charge in [-0.3, -0.25) is 19.7 Å². The zero-order valence-electron chi connectivity index (χ0n) is 13.9. The van der Waals surface area contributed by atoms with Crippen LogP contribution in [0.1, 0.15) is 12.8 Å². The van der Waals surface area contributed by atoms with Crippen molar-refractivity contribution >= 4 is 34.0 Å². The van der Waals surface area contributed by atoms with Gasteiger partial charge in [0.2, 0.25) is 11.8 Å². The van der Waals surface area contributed by atoms with Crippen LogP contribution in [0.15, 0.2) is 36.4 Å². The van der Waals surface area contributed by atoms with Crippen LogP contribution in [0.2, 0.25) is 0 Å². The summed E-state index contributed by atoms with van der Waals surface area (Å²) in [5.74, 6) is 1.46. The van der Waals surface area contributed by atoms with Crippen molar-refractivity contribution in [2.75, 3.05) is 4.90 Å². The van der Waals surface area contributed by atoms with Gasteiger partial charge in [0.25, 0.3) is 5.69 Å². The molecule has 3 saturated carbocycles. The summed E-state index contributed by atoms with van der Waals surface area (Å²) in [6.07, 6.45) is 2.21. The number of amides is 2. The Labute approximate surface area is 148 Å². The third-order valence-corrected chi connectivity index (χ3v) is 7.17. The van der Waals surface area contributed by atoms with E-state index in [0.717, 1.165) is 6.42 Å². The second kappa shape index (κ2) is 4.50. The molecule has 6 rings (SSSR count). The molecule has 0 aromatic heterocycles. The number of benzene rings is 2. The number of nitrogens with zero attached hydrogens (tertiary/aromatic N) is 2. The monoisotopic (exact) mass is 348 g/mol. The first-order chi connectivity index (χ1) is 12.6. The predicted molar refractivity (Wildman–Crippen MR) is 93.3 cm³/mol. The molecule has 4 aliphatic rings. The Morgan fingerprint density at radius 2 is 1.42 bits per heavy atom. The average Bonchev–Trinajstić information content (AvgIpc) is 3.15. The normalized spacial score (nSPS) is 36.5. The summed E-state index contributed by atoms with van der Waals surface area (Å²) in [5.41, 5.74) is 0.480. The fourth-order valence-corrected chi connectivity index (χ4v) is 6.18. The molecule has 6 atom stereocenters. The molecule has 2 aromatic rings. The first-order valence-electron chi connectivity index (χ1n) is 9.12. The van der Waals surface area contributed by atoms with Crippen LogP contribution in [0.5, 0.6) is 0 Å². The standard InChI is InChI=1S/C20H16N2O4/c23-19-17-13-8-14(12-7-11(12)13)18(17)20(24)21(19)15-5-6-16(22(25)26)10-4-2-1-3-9(10)15/h1-6,11-14,17-18H,7-8H2/t11-,12+,13+,14-,17+,18-. The Morgan fingerprint density at radius 1 is 0.846 bits per heavy atom. The Hall–Kier alpha value is -2.76. The number of rotatable bonds is 2. The van der Waals surface area contributed by atoms with Crippen molar-refractivity contribution in [3.8, 4) is 0 Å². The third kappa shape index (κ3) is 1.54. The van der Waals surface area contributed by atoms with Crippen molar-refractivity contribution < 1.29 is 14.5 Å². The first kappa shape index (κ1) is 14.4. The maximum Gasteiger partial charge on any atom is 0.277 e. The van der Waals surface area contributed by atoms with E-state index in [-0.39, 0.29) is 29.3 Å². The van der Waals surface area contributed by atoms with Gasteiger partial charge in [0.1, 0.15) is 0 Å². The van der Waals surface area contributed by atoms with E-state index < -0.39 is 4.92 Å². The molecular weight excluding hydrogens is 332 g/mol.